The molecule has 0 aliphatic heterocycles. The summed E-state index contributed by atoms with van der Waals surface area (Å²) < 4.78 is 28.2. The largest absolute Gasteiger partial charge is 0.496 e. The fourth-order valence-corrected chi connectivity index (χ4v) is 3.31. The van der Waals surface area contributed by atoms with Crippen LogP contribution >= 0.6 is 7.60 Å². The monoisotopic (exact) mass is 273 g/mol. The normalized spacial score (nSPS) is 13.3. The zero-order valence-electron chi connectivity index (χ0n) is 11.0. The summed E-state index contributed by atoms with van der Waals surface area (Å²) in [6.07, 6.45) is 0. The van der Waals surface area contributed by atoms with E-state index in [4.69, 9.17) is 19.5 Å². The zero-order valence-corrected chi connectivity index (χ0v) is 11.9. The van der Waals surface area contributed by atoms with Crippen molar-refractivity contribution in [1.82, 2.24) is 0 Å². The van der Waals surface area contributed by atoms with Gasteiger partial charge in [-0.25, -0.2) is 0 Å². The molecule has 1 aromatic carbocycles. The molecule has 0 saturated carbocycles. The van der Waals surface area contributed by atoms with Crippen LogP contribution in [-0.2, 0) is 13.6 Å². The van der Waals surface area contributed by atoms with Crippen LogP contribution in [0.3, 0.4) is 0 Å². The van der Waals surface area contributed by atoms with E-state index >= 15 is 0 Å². The van der Waals surface area contributed by atoms with Gasteiger partial charge in [0.15, 0.2) is 0 Å². The van der Waals surface area contributed by atoms with Gasteiger partial charge in [-0.1, -0.05) is 18.2 Å². The molecule has 0 heterocycles. The van der Waals surface area contributed by atoms with Crippen LogP contribution in [0, 0.1) is 0 Å². The van der Waals surface area contributed by atoms with Crippen molar-refractivity contribution in [2.75, 3.05) is 20.3 Å². The molecular formula is C12H20NO4P. The highest BCUT2D eigenvalue weighted by atomic mass is 31.2. The summed E-state index contributed by atoms with van der Waals surface area (Å²) in [5, 5.41) is 0. The van der Waals surface area contributed by atoms with E-state index < -0.39 is 13.4 Å². The Hall–Kier alpha value is -0.870. The molecule has 102 valence electrons. The van der Waals surface area contributed by atoms with E-state index in [0.29, 0.717) is 11.3 Å². The molecule has 18 heavy (non-hydrogen) atoms. The van der Waals surface area contributed by atoms with Gasteiger partial charge < -0.3 is 19.5 Å². The Balaban J connectivity index is 3.09. The van der Waals surface area contributed by atoms with Gasteiger partial charge in [0, 0.05) is 5.56 Å². The first-order valence-corrected chi connectivity index (χ1v) is 7.47. The van der Waals surface area contributed by atoms with Gasteiger partial charge in [-0.15, -0.1) is 0 Å². The highest BCUT2D eigenvalue weighted by Gasteiger charge is 2.35. The van der Waals surface area contributed by atoms with E-state index in [0.717, 1.165) is 0 Å². The van der Waals surface area contributed by atoms with Gasteiger partial charge in [-0.2, -0.15) is 0 Å². The molecule has 2 N–H and O–H groups in total. The van der Waals surface area contributed by atoms with Gasteiger partial charge >= 0.3 is 7.60 Å². The maximum Gasteiger partial charge on any atom is 0.351 e. The van der Waals surface area contributed by atoms with Crippen molar-refractivity contribution in [3.05, 3.63) is 29.8 Å². The van der Waals surface area contributed by atoms with Crippen molar-refractivity contribution in [1.29, 1.82) is 0 Å². The van der Waals surface area contributed by atoms with Crippen LogP contribution in [0.15, 0.2) is 24.3 Å². The van der Waals surface area contributed by atoms with Gasteiger partial charge in [0.1, 0.15) is 11.5 Å². The highest BCUT2D eigenvalue weighted by molar-refractivity contribution is 7.54. The lowest BCUT2D eigenvalue weighted by molar-refractivity contribution is 0.212. The maximum absolute atomic E-state index is 12.6. The van der Waals surface area contributed by atoms with Crippen molar-refractivity contribution in [3.63, 3.8) is 0 Å². The fraction of sp³-hybridized carbons (Fsp3) is 0.500. The molecule has 0 saturated heterocycles. The Kier molecular flexibility index (Phi) is 5.82. The number of benzene rings is 1. The number of nitrogens with two attached hydrogens (primary N) is 1. The second-order valence-electron chi connectivity index (χ2n) is 3.56. The van der Waals surface area contributed by atoms with Crippen molar-refractivity contribution in [2.45, 2.75) is 19.6 Å². The third-order valence-corrected chi connectivity index (χ3v) is 4.61. The van der Waals surface area contributed by atoms with Crippen LogP contribution in [0.25, 0.3) is 0 Å². The summed E-state index contributed by atoms with van der Waals surface area (Å²) in [4.78, 5) is 0. The van der Waals surface area contributed by atoms with E-state index in [1.807, 2.05) is 6.07 Å². The minimum Gasteiger partial charge on any atom is -0.496 e. The number of para-hydroxylation sites is 1. The molecule has 0 amide bonds. The summed E-state index contributed by atoms with van der Waals surface area (Å²) in [5.74, 6) is -0.279. The lowest BCUT2D eigenvalue weighted by Gasteiger charge is -2.24. The van der Waals surface area contributed by atoms with Gasteiger partial charge in [-0.3, -0.25) is 4.57 Å². The number of methoxy groups -OCH3 is 1. The molecule has 0 aliphatic carbocycles. The van der Waals surface area contributed by atoms with Crippen molar-refractivity contribution in [3.8, 4) is 5.75 Å². The van der Waals surface area contributed by atoms with Crippen molar-refractivity contribution in [2.24, 2.45) is 5.73 Å². The molecule has 0 spiro atoms. The molecule has 0 radical (unpaired) electrons. The molecule has 0 unspecified atom stereocenters. The van der Waals surface area contributed by atoms with Gasteiger partial charge in [-0.05, 0) is 19.9 Å². The van der Waals surface area contributed by atoms with Crippen LogP contribution < -0.4 is 10.5 Å². The average molecular weight is 273 g/mol. The predicted octanol–water partition coefficient (Wildman–Crippen LogP) is 2.92. The maximum atomic E-state index is 12.6. The smallest absolute Gasteiger partial charge is 0.351 e. The third-order valence-electron chi connectivity index (χ3n) is 2.42. The lowest BCUT2D eigenvalue weighted by Crippen LogP contribution is -2.15. The first-order chi connectivity index (χ1) is 8.59. The topological polar surface area (TPSA) is 70.8 Å². The van der Waals surface area contributed by atoms with E-state index in [9.17, 15) is 4.57 Å². The third kappa shape index (κ3) is 3.33. The van der Waals surface area contributed by atoms with Crippen LogP contribution in [0.2, 0.25) is 0 Å². The second-order valence-corrected chi connectivity index (χ2v) is 5.71. The summed E-state index contributed by atoms with van der Waals surface area (Å²) in [5.41, 5.74) is 6.64. The number of hydrogen-bond acceptors (Lipinski definition) is 5. The van der Waals surface area contributed by atoms with Gasteiger partial charge in [0.25, 0.3) is 0 Å². The SMILES string of the molecule is CCOP(=O)(OCC)[C@H](N)c1ccccc1OC. The zero-order chi connectivity index (χ0) is 13.6. The number of hydrogen-bond donors (Lipinski definition) is 1. The summed E-state index contributed by atoms with van der Waals surface area (Å²) >= 11 is 0. The highest BCUT2D eigenvalue weighted by Crippen LogP contribution is 2.59. The fourth-order valence-electron chi connectivity index (χ4n) is 1.64. The molecule has 6 heteroatoms. The number of ether oxygens (including phenoxy) is 1. The Morgan fingerprint density at radius 1 is 1.22 bits per heavy atom. The van der Waals surface area contributed by atoms with Gasteiger partial charge in [0.05, 0.1) is 20.3 Å². The minimum atomic E-state index is -3.37. The van der Waals surface area contributed by atoms with E-state index in [2.05, 4.69) is 0 Å². The average Bonchev–Trinajstić information content (AvgIpc) is 2.38. The van der Waals surface area contributed by atoms with Crippen LogP contribution in [0.1, 0.15) is 25.2 Å². The minimum absolute atomic E-state index is 0.278. The Morgan fingerprint density at radius 2 is 1.78 bits per heavy atom. The standard InChI is InChI=1S/C12H20NO4P/c1-4-16-18(14,17-5-2)12(13)10-8-6-7-9-11(10)15-3/h6-9,12H,4-5,13H2,1-3H3/t12-/m0/s1. The molecule has 1 rings (SSSR count). The first kappa shape index (κ1) is 15.2. The summed E-state index contributed by atoms with van der Waals surface area (Å²) in [7, 11) is -1.84. The van der Waals surface area contributed by atoms with Crippen molar-refractivity contribution >= 4 is 7.60 Å². The molecule has 0 bridgehead atoms. The lowest BCUT2D eigenvalue weighted by atomic mass is 10.2. The number of rotatable bonds is 7. The molecule has 0 aliphatic rings. The molecule has 1 atom stereocenters. The van der Waals surface area contributed by atoms with Crippen LogP contribution in [0.4, 0.5) is 0 Å². The Bertz CT molecular complexity index is 414. The Labute approximate surface area is 108 Å². The van der Waals surface area contributed by atoms with Crippen LogP contribution in [-0.4, -0.2) is 20.3 Å². The molecule has 5 nitrogen and oxygen atoms in total. The predicted molar refractivity (Wildman–Crippen MR) is 70.8 cm³/mol. The summed E-state index contributed by atoms with van der Waals surface area (Å²) in [6.45, 7) is 4.06. The molecular weight excluding hydrogens is 253 g/mol. The molecule has 0 aromatic heterocycles. The van der Waals surface area contributed by atoms with Crippen LogP contribution in [0.5, 0.6) is 5.75 Å². The van der Waals surface area contributed by atoms with E-state index in [1.165, 1.54) is 7.11 Å². The van der Waals surface area contributed by atoms with E-state index in [-0.39, 0.29) is 13.2 Å². The van der Waals surface area contributed by atoms with Crippen molar-refractivity contribution < 1.29 is 18.3 Å². The second kappa shape index (κ2) is 6.90. The quantitative estimate of drug-likeness (QED) is 0.773. The first-order valence-electron chi connectivity index (χ1n) is 5.86. The summed E-state index contributed by atoms with van der Waals surface area (Å²) in [6, 6.07) is 7.15. The Morgan fingerprint density at radius 3 is 2.28 bits per heavy atom. The van der Waals surface area contributed by atoms with Gasteiger partial charge in [0.2, 0.25) is 0 Å². The molecule has 1 aromatic rings. The van der Waals surface area contributed by atoms with E-state index in [1.54, 1.807) is 32.0 Å². The molecule has 0 fully saturated rings.